The topological polar surface area (TPSA) is 35.2 Å². The van der Waals surface area contributed by atoms with Crippen LogP contribution in [0, 0.1) is 0 Å². The molecule has 3 rings (SSSR count). The van der Waals surface area contributed by atoms with Gasteiger partial charge in [0.25, 0.3) is 0 Å². The van der Waals surface area contributed by atoms with Crippen molar-refractivity contribution in [2.75, 3.05) is 6.61 Å². The molecule has 0 spiro atoms. The number of rotatable bonds is 2. The Bertz CT molecular complexity index is 577. The van der Waals surface area contributed by atoms with E-state index in [0.29, 0.717) is 5.92 Å². The van der Waals surface area contributed by atoms with Gasteiger partial charge in [-0.2, -0.15) is 0 Å². The molecule has 2 heteroatoms. The van der Waals surface area contributed by atoms with Crippen LogP contribution >= 0.6 is 0 Å². The molecule has 1 heterocycles. The number of benzene rings is 2. The second-order valence-electron chi connectivity index (χ2n) is 5.57. The van der Waals surface area contributed by atoms with E-state index in [0.717, 1.165) is 25.2 Å². The molecular formula is C18H21NO. The SMILES string of the molecule is CC(N)C1CCCOc2ccc(-c3ccccc3)cc21. The first kappa shape index (κ1) is 13.2. The number of hydrogen-bond acceptors (Lipinski definition) is 2. The summed E-state index contributed by atoms with van der Waals surface area (Å²) >= 11 is 0. The van der Waals surface area contributed by atoms with Gasteiger partial charge in [0.15, 0.2) is 0 Å². The van der Waals surface area contributed by atoms with Crippen molar-refractivity contribution < 1.29 is 4.74 Å². The second-order valence-corrected chi connectivity index (χ2v) is 5.57. The Balaban J connectivity index is 2.05. The Morgan fingerprint density at radius 2 is 1.90 bits per heavy atom. The van der Waals surface area contributed by atoms with Crippen LogP contribution in [-0.4, -0.2) is 12.6 Å². The molecule has 0 bridgehead atoms. The lowest BCUT2D eigenvalue weighted by Crippen LogP contribution is -2.24. The van der Waals surface area contributed by atoms with E-state index >= 15 is 0 Å². The molecule has 104 valence electrons. The number of hydrogen-bond donors (Lipinski definition) is 1. The Labute approximate surface area is 120 Å². The van der Waals surface area contributed by atoms with Crippen LogP contribution in [0.3, 0.4) is 0 Å². The Kier molecular flexibility index (Phi) is 3.75. The molecule has 2 aromatic rings. The van der Waals surface area contributed by atoms with Gasteiger partial charge in [-0.15, -0.1) is 0 Å². The fourth-order valence-electron chi connectivity index (χ4n) is 2.97. The number of nitrogens with two attached hydrogens (primary N) is 1. The van der Waals surface area contributed by atoms with Crippen LogP contribution in [0.15, 0.2) is 48.5 Å². The van der Waals surface area contributed by atoms with Gasteiger partial charge in [0.05, 0.1) is 6.61 Å². The maximum absolute atomic E-state index is 6.18. The Hall–Kier alpha value is -1.80. The third kappa shape index (κ3) is 2.56. The zero-order chi connectivity index (χ0) is 13.9. The van der Waals surface area contributed by atoms with Crippen molar-refractivity contribution in [1.82, 2.24) is 0 Å². The summed E-state index contributed by atoms with van der Waals surface area (Å²) in [6.45, 7) is 2.88. The predicted molar refractivity (Wildman–Crippen MR) is 83.0 cm³/mol. The van der Waals surface area contributed by atoms with Crippen molar-refractivity contribution in [3.63, 3.8) is 0 Å². The summed E-state index contributed by atoms with van der Waals surface area (Å²) in [4.78, 5) is 0. The standard InChI is InChI=1S/C18H21NO/c1-13(19)16-8-5-11-20-18-10-9-15(12-17(16)18)14-6-3-2-4-7-14/h2-4,6-7,9-10,12-13,16H,5,8,11,19H2,1H3. The minimum absolute atomic E-state index is 0.154. The van der Waals surface area contributed by atoms with E-state index in [1.54, 1.807) is 0 Å². The monoisotopic (exact) mass is 267 g/mol. The molecule has 2 atom stereocenters. The molecule has 0 amide bonds. The van der Waals surface area contributed by atoms with Gasteiger partial charge in [-0.25, -0.2) is 0 Å². The van der Waals surface area contributed by atoms with Crippen molar-refractivity contribution in [2.24, 2.45) is 5.73 Å². The average Bonchev–Trinajstić information content (AvgIpc) is 2.69. The molecule has 20 heavy (non-hydrogen) atoms. The Morgan fingerprint density at radius 3 is 2.65 bits per heavy atom. The maximum atomic E-state index is 6.18. The highest BCUT2D eigenvalue weighted by molar-refractivity contribution is 5.66. The van der Waals surface area contributed by atoms with E-state index in [9.17, 15) is 0 Å². The van der Waals surface area contributed by atoms with Gasteiger partial charge >= 0.3 is 0 Å². The molecular weight excluding hydrogens is 246 g/mol. The number of fused-ring (bicyclic) bond motifs is 1. The summed E-state index contributed by atoms with van der Waals surface area (Å²) in [5.41, 5.74) is 9.92. The van der Waals surface area contributed by atoms with Crippen LogP contribution in [0.5, 0.6) is 5.75 Å². The molecule has 0 saturated heterocycles. The van der Waals surface area contributed by atoms with E-state index in [2.05, 4.69) is 49.4 Å². The van der Waals surface area contributed by atoms with Crippen LogP contribution in [0.2, 0.25) is 0 Å². The molecule has 2 nitrogen and oxygen atoms in total. The third-order valence-electron chi connectivity index (χ3n) is 4.07. The highest BCUT2D eigenvalue weighted by atomic mass is 16.5. The minimum atomic E-state index is 0.154. The van der Waals surface area contributed by atoms with Crippen molar-refractivity contribution in [3.05, 3.63) is 54.1 Å². The maximum Gasteiger partial charge on any atom is 0.122 e. The fourth-order valence-corrected chi connectivity index (χ4v) is 2.97. The first-order valence-corrected chi connectivity index (χ1v) is 7.33. The summed E-state index contributed by atoms with van der Waals surface area (Å²) in [5, 5.41) is 0. The molecule has 1 aliphatic rings. The highest BCUT2D eigenvalue weighted by Crippen LogP contribution is 2.37. The third-order valence-corrected chi connectivity index (χ3v) is 4.07. The van der Waals surface area contributed by atoms with Gasteiger partial charge in [-0.05, 0) is 48.6 Å². The molecule has 2 aromatic carbocycles. The zero-order valence-corrected chi connectivity index (χ0v) is 11.9. The summed E-state index contributed by atoms with van der Waals surface area (Å²) < 4.78 is 5.86. The number of ether oxygens (including phenoxy) is 1. The second kappa shape index (κ2) is 5.68. The van der Waals surface area contributed by atoms with Crippen LogP contribution in [0.25, 0.3) is 11.1 Å². The average molecular weight is 267 g/mol. The largest absolute Gasteiger partial charge is 0.493 e. The fraction of sp³-hybridized carbons (Fsp3) is 0.333. The van der Waals surface area contributed by atoms with Crippen LogP contribution < -0.4 is 10.5 Å². The van der Waals surface area contributed by atoms with Gasteiger partial charge < -0.3 is 10.5 Å². The van der Waals surface area contributed by atoms with E-state index in [1.165, 1.54) is 16.7 Å². The summed E-state index contributed by atoms with van der Waals surface area (Å²) in [5.74, 6) is 1.39. The molecule has 2 unspecified atom stereocenters. The van der Waals surface area contributed by atoms with Gasteiger partial charge in [-0.1, -0.05) is 36.4 Å². The smallest absolute Gasteiger partial charge is 0.122 e. The van der Waals surface area contributed by atoms with Crippen LogP contribution in [0.1, 0.15) is 31.2 Å². The van der Waals surface area contributed by atoms with Crippen molar-refractivity contribution >= 4 is 0 Å². The molecule has 0 fully saturated rings. The van der Waals surface area contributed by atoms with Crippen LogP contribution in [0.4, 0.5) is 0 Å². The predicted octanol–water partition coefficient (Wildman–Crippen LogP) is 3.96. The van der Waals surface area contributed by atoms with E-state index in [1.807, 2.05) is 6.07 Å². The summed E-state index contributed by atoms with van der Waals surface area (Å²) in [6.07, 6.45) is 2.17. The first-order valence-electron chi connectivity index (χ1n) is 7.33. The van der Waals surface area contributed by atoms with Gasteiger partial charge in [-0.3, -0.25) is 0 Å². The van der Waals surface area contributed by atoms with Crippen molar-refractivity contribution in [1.29, 1.82) is 0 Å². The van der Waals surface area contributed by atoms with Crippen molar-refractivity contribution in [3.8, 4) is 16.9 Å². The zero-order valence-electron chi connectivity index (χ0n) is 11.9. The van der Waals surface area contributed by atoms with Gasteiger partial charge in [0.1, 0.15) is 5.75 Å². The lowest BCUT2D eigenvalue weighted by Gasteiger charge is -2.21. The molecule has 0 aliphatic carbocycles. The molecule has 0 saturated carbocycles. The minimum Gasteiger partial charge on any atom is -0.493 e. The molecule has 0 aromatic heterocycles. The molecule has 2 N–H and O–H groups in total. The molecule has 1 aliphatic heterocycles. The normalized spacial score (nSPS) is 19.6. The van der Waals surface area contributed by atoms with Gasteiger partial charge in [0.2, 0.25) is 0 Å². The van der Waals surface area contributed by atoms with Gasteiger partial charge in [0, 0.05) is 12.0 Å². The summed E-state index contributed by atoms with van der Waals surface area (Å²) in [6, 6.07) is 17.1. The quantitative estimate of drug-likeness (QED) is 0.894. The first-order chi connectivity index (χ1) is 9.75. The summed E-state index contributed by atoms with van der Waals surface area (Å²) in [7, 11) is 0. The van der Waals surface area contributed by atoms with E-state index in [4.69, 9.17) is 10.5 Å². The van der Waals surface area contributed by atoms with Crippen LogP contribution in [-0.2, 0) is 0 Å². The Morgan fingerprint density at radius 1 is 1.10 bits per heavy atom. The van der Waals surface area contributed by atoms with Crippen molar-refractivity contribution in [2.45, 2.75) is 31.7 Å². The lowest BCUT2D eigenvalue weighted by atomic mass is 9.87. The van der Waals surface area contributed by atoms with E-state index < -0.39 is 0 Å². The lowest BCUT2D eigenvalue weighted by molar-refractivity contribution is 0.315. The highest BCUT2D eigenvalue weighted by Gasteiger charge is 2.23. The molecule has 0 radical (unpaired) electrons. The van der Waals surface area contributed by atoms with E-state index in [-0.39, 0.29) is 6.04 Å².